The quantitative estimate of drug-likeness (QED) is 0.761. The van der Waals surface area contributed by atoms with Crippen LogP contribution in [0.1, 0.15) is 27.7 Å². The molecule has 0 bridgehead atoms. The number of carbonyl (C=O) groups excluding carboxylic acids is 2. The SMILES string of the molecule is CN(C)C(=O)C1(C)CNCCN1C(=O)OC(C)(C)C. The van der Waals surface area contributed by atoms with Crippen molar-refractivity contribution in [2.45, 2.75) is 38.8 Å². The third kappa shape index (κ3) is 3.59. The van der Waals surface area contributed by atoms with Gasteiger partial charge >= 0.3 is 6.09 Å². The van der Waals surface area contributed by atoms with Crippen LogP contribution in [0.2, 0.25) is 0 Å². The fraction of sp³-hybridized carbons (Fsp3) is 0.846. The van der Waals surface area contributed by atoms with Crippen LogP contribution in [0.5, 0.6) is 0 Å². The van der Waals surface area contributed by atoms with Gasteiger partial charge in [0.1, 0.15) is 11.1 Å². The van der Waals surface area contributed by atoms with Crippen molar-refractivity contribution in [3.8, 4) is 0 Å². The average molecular weight is 271 g/mol. The molecule has 1 fully saturated rings. The molecule has 110 valence electrons. The molecule has 1 rings (SSSR count). The van der Waals surface area contributed by atoms with Crippen LogP contribution in [-0.4, -0.2) is 66.7 Å². The lowest BCUT2D eigenvalue weighted by Gasteiger charge is -2.44. The largest absolute Gasteiger partial charge is 0.444 e. The Bertz CT molecular complexity index is 363. The van der Waals surface area contributed by atoms with Crippen LogP contribution in [0.15, 0.2) is 0 Å². The number of amides is 2. The molecule has 0 aliphatic carbocycles. The fourth-order valence-electron chi connectivity index (χ4n) is 2.15. The zero-order valence-electron chi connectivity index (χ0n) is 12.7. The van der Waals surface area contributed by atoms with Gasteiger partial charge in [0.2, 0.25) is 5.91 Å². The van der Waals surface area contributed by atoms with E-state index in [-0.39, 0.29) is 5.91 Å². The maximum atomic E-state index is 12.3. The molecule has 1 atom stereocenters. The summed E-state index contributed by atoms with van der Waals surface area (Å²) in [7, 11) is 3.38. The minimum Gasteiger partial charge on any atom is -0.444 e. The molecule has 0 aromatic heterocycles. The molecule has 0 spiro atoms. The lowest BCUT2D eigenvalue weighted by atomic mass is 9.96. The van der Waals surface area contributed by atoms with Gasteiger partial charge in [-0.2, -0.15) is 0 Å². The number of likely N-dealkylation sites (N-methyl/N-ethyl adjacent to an activating group) is 1. The van der Waals surface area contributed by atoms with E-state index in [0.29, 0.717) is 19.6 Å². The van der Waals surface area contributed by atoms with Crippen LogP contribution in [0.25, 0.3) is 0 Å². The molecule has 0 saturated carbocycles. The maximum absolute atomic E-state index is 12.3. The van der Waals surface area contributed by atoms with Crippen LogP contribution in [0.4, 0.5) is 4.79 Å². The van der Waals surface area contributed by atoms with Crippen molar-refractivity contribution in [3.05, 3.63) is 0 Å². The topological polar surface area (TPSA) is 61.9 Å². The van der Waals surface area contributed by atoms with Crippen LogP contribution in [-0.2, 0) is 9.53 Å². The molecule has 1 aliphatic rings. The number of nitrogens with one attached hydrogen (secondary N) is 1. The van der Waals surface area contributed by atoms with Gasteiger partial charge in [-0.15, -0.1) is 0 Å². The summed E-state index contributed by atoms with van der Waals surface area (Å²) in [6, 6.07) is 0. The Hall–Kier alpha value is -1.30. The predicted octanol–water partition coefficient (Wildman–Crippen LogP) is 0.674. The molecule has 1 saturated heterocycles. The molecule has 6 nitrogen and oxygen atoms in total. The Morgan fingerprint density at radius 3 is 2.37 bits per heavy atom. The van der Waals surface area contributed by atoms with Gasteiger partial charge in [-0.25, -0.2) is 4.79 Å². The van der Waals surface area contributed by atoms with Gasteiger partial charge in [0.25, 0.3) is 0 Å². The van der Waals surface area contributed by atoms with Gasteiger partial charge in [0.05, 0.1) is 0 Å². The smallest absolute Gasteiger partial charge is 0.411 e. The lowest BCUT2D eigenvalue weighted by Crippen LogP contribution is -2.67. The first-order chi connectivity index (χ1) is 8.58. The highest BCUT2D eigenvalue weighted by Gasteiger charge is 2.46. The minimum atomic E-state index is -0.899. The van der Waals surface area contributed by atoms with Gasteiger partial charge in [0, 0.05) is 33.7 Å². The summed E-state index contributed by atoms with van der Waals surface area (Å²) in [5, 5.41) is 3.16. The third-order valence-electron chi connectivity index (χ3n) is 3.06. The molecular formula is C13H25N3O3. The van der Waals surface area contributed by atoms with E-state index in [0.717, 1.165) is 0 Å². The van der Waals surface area contributed by atoms with Crippen LogP contribution < -0.4 is 5.32 Å². The molecule has 1 heterocycles. The van der Waals surface area contributed by atoms with Gasteiger partial charge in [-0.05, 0) is 27.7 Å². The standard InChI is InChI=1S/C13H25N3O3/c1-12(2,3)19-11(18)16-8-7-14-9-13(16,4)10(17)15(5)6/h14H,7-9H2,1-6H3. The van der Waals surface area contributed by atoms with Gasteiger partial charge < -0.3 is 15.0 Å². The zero-order valence-corrected chi connectivity index (χ0v) is 12.7. The van der Waals surface area contributed by atoms with E-state index in [1.165, 1.54) is 9.80 Å². The van der Waals surface area contributed by atoms with Crippen molar-refractivity contribution in [1.82, 2.24) is 15.1 Å². The third-order valence-corrected chi connectivity index (χ3v) is 3.06. The number of nitrogens with zero attached hydrogens (tertiary/aromatic N) is 2. The Morgan fingerprint density at radius 2 is 1.89 bits per heavy atom. The lowest BCUT2D eigenvalue weighted by molar-refractivity contribution is -0.141. The molecule has 1 unspecified atom stereocenters. The first kappa shape index (κ1) is 15.8. The van der Waals surface area contributed by atoms with E-state index in [2.05, 4.69) is 5.32 Å². The highest BCUT2D eigenvalue weighted by molar-refractivity contribution is 5.90. The zero-order chi connectivity index (χ0) is 14.8. The summed E-state index contributed by atoms with van der Waals surface area (Å²) in [6.07, 6.45) is -0.438. The van der Waals surface area contributed by atoms with E-state index >= 15 is 0 Å². The summed E-state index contributed by atoms with van der Waals surface area (Å²) < 4.78 is 5.39. The summed E-state index contributed by atoms with van der Waals surface area (Å²) >= 11 is 0. The Kier molecular flexibility index (Phi) is 4.45. The Morgan fingerprint density at radius 1 is 1.32 bits per heavy atom. The molecule has 6 heteroatoms. The summed E-state index contributed by atoms with van der Waals surface area (Å²) in [5.74, 6) is -0.106. The number of hydrogen-bond donors (Lipinski definition) is 1. The van der Waals surface area contributed by atoms with Gasteiger partial charge in [-0.3, -0.25) is 9.69 Å². The van der Waals surface area contributed by atoms with E-state index in [4.69, 9.17) is 4.74 Å². The number of carbonyl (C=O) groups is 2. The van der Waals surface area contributed by atoms with E-state index in [1.807, 2.05) is 20.8 Å². The second-order valence-corrected chi connectivity index (χ2v) is 6.28. The predicted molar refractivity (Wildman–Crippen MR) is 72.9 cm³/mol. The molecule has 0 aromatic rings. The van der Waals surface area contributed by atoms with Crippen molar-refractivity contribution in [1.29, 1.82) is 0 Å². The summed E-state index contributed by atoms with van der Waals surface area (Å²) in [5.41, 5.74) is -1.46. The highest BCUT2D eigenvalue weighted by Crippen LogP contribution is 2.22. The van der Waals surface area contributed by atoms with Crippen molar-refractivity contribution < 1.29 is 14.3 Å². The number of rotatable bonds is 1. The Labute approximate surface area is 115 Å². The number of hydrogen-bond acceptors (Lipinski definition) is 4. The maximum Gasteiger partial charge on any atom is 0.411 e. The molecule has 2 amide bonds. The minimum absolute atomic E-state index is 0.106. The molecule has 1 N–H and O–H groups in total. The second kappa shape index (κ2) is 5.36. The van der Waals surface area contributed by atoms with Crippen molar-refractivity contribution in [2.24, 2.45) is 0 Å². The molecule has 0 radical (unpaired) electrons. The van der Waals surface area contributed by atoms with Crippen molar-refractivity contribution >= 4 is 12.0 Å². The normalized spacial score (nSPS) is 24.0. The second-order valence-electron chi connectivity index (χ2n) is 6.28. The van der Waals surface area contributed by atoms with E-state index < -0.39 is 17.2 Å². The van der Waals surface area contributed by atoms with E-state index in [1.54, 1.807) is 21.0 Å². The monoisotopic (exact) mass is 271 g/mol. The number of piperazine rings is 1. The average Bonchev–Trinajstić information content (AvgIpc) is 2.25. The van der Waals surface area contributed by atoms with Crippen molar-refractivity contribution in [2.75, 3.05) is 33.7 Å². The fourth-order valence-corrected chi connectivity index (χ4v) is 2.15. The summed E-state index contributed by atoms with van der Waals surface area (Å²) in [6.45, 7) is 8.78. The Balaban J connectivity index is 2.95. The van der Waals surface area contributed by atoms with Crippen molar-refractivity contribution in [3.63, 3.8) is 0 Å². The van der Waals surface area contributed by atoms with Crippen LogP contribution in [0, 0.1) is 0 Å². The highest BCUT2D eigenvalue weighted by atomic mass is 16.6. The van der Waals surface area contributed by atoms with Gasteiger partial charge in [0.15, 0.2) is 0 Å². The molecule has 0 aromatic carbocycles. The van der Waals surface area contributed by atoms with Crippen LogP contribution in [0.3, 0.4) is 0 Å². The molecule has 1 aliphatic heterocycles. The first-order valence-electron chi connectivity index (χ1n) is 6.51. The van der Waals surface area contributed by atoms with E-state index in [9.17, 15) is 9.59 Å². The summed E-state index contributed by atoms with van der Waals surface area (Å²) in [4.78, 5) is 27.6. The molecule has 19 heavy (non-hydrogen) atoms. The first-order valence-corrected chi connectivity index (χ1v) is 6.51. The number of ether oxygens (including phenoxy) is 1. The molecular weight excluding hydrogens is 246 g/mol. The van der Waals surface area contributed by atoms with Crippen LogP contribution >= 0.6 is 0 Å². The van der Waals surface area contributed by atoms with Gasteiger partial charge in [-0.1, -0.05) is 0 Å².